The van der Waals surface area contributed by atoms with E-state index in [1.807, 2.05) is 0 Å². The summed E-state index contributed by atoms with van der Waals surface area (Å²) in [5.74, 6) is 0. The summed E-state index contributed by atoms with van der Waals surface area (Å²) in [7, 11) is 0. The Hall–Kier alpha value is -0.370. The quantitative estimate of drug-likeness (QED) is 0.629. The summed E-state index contributed by atoms with van der Waals surface area (Å²) < 4.78 is 0. The summed E-state index contributed by atoms with van der Waals surface area (Å²) >= 11 is 0. The number of rotatable bonds is 3. The molecule has 64 valence electrons. The van der Waals surface area contributed by atoms with Gasteiger partial charge in [-0.1, -0.05) is 19.3 Å². The van der Waals surface area contributed by atoms with Gasteiger partial charge in [0.2, 0.25) is 0 Å². The molecule has 1 saturated carbocycles. The van der Waals surface area contributed by atoms with Crippen molar-refractivity contribution in [3.63, 3.8) is 0 Å². The van der Waals surface area contributed by atoms with Crippen LogP contribution in [0.4, 0.5) is 0 Å². The molecule has 0 saturated heterocycles. The molecule has 1 rings (SSSR count). The highest BCUT2D eigenvalue weighted by Crippen LogP contribution is 2.36. The lowest BCUT2D eigenvalue weighted by Crippen LogP contribution is -2.26. The highest BCUT2D eigenvalue weighted by Gasteiger charge is 2.30. The Kier molecular flexibility index (Phi) is 3.06. The second-order valence-electron chi connectivity index (χ2n) is 3.51. The van der Waals surface area contributed by atoms with Gasteiger partial charge in [0.25, 0.3) is 0 Å². The summed E-state index contributed by atoms with van der Waals surface area (Å²) in [4.78, 5) is 10.8. The van der Waals surface area contributed by atoms with Crippen molar-refractivity contribution in [2.75, 3.05) is 6.61 Å². The molecule has 0 atom stereocenters. The third-order valence-corrected chi connectivity index (χ3v) is 2.71. The van der Waals surface area contributed by atoms with E-state index >= 15 is 0 Å². The first-order chi connectivity index (χ1) is 5.33. The highest BCUT2D eigenvalue weighted by molar-refractivity contribution is 5.59. The minimum atomic E-state index is -0.160. The van der Waals surface area contributed by atoms with Gasteiger partial charge in [-0.2, -0.15) is 0 Å². The summed E-state index contributed by atoms with van der Waals surface area (Å²) in [6.45, 7) is 0.152. The molecule has 0 spiro atoms. The highest BCUT2D eigenvalue weighted by atomic mass is 16.3. The van der Waals surface area contributed by atoms with Crippen LogP contribution in [0.15, 0.2) is 0 Å². The zero-order valence-electron chi connectivity index (χ0n) is 6.88. The van der Waals surface area contributed by atoms with Gasteiger partial charge in [0.1, 0.15) is 6.29 Å². The van der Waals surface area contributed by atoms with Gasteiger partial charge < -0.3 is 9.90 Å². The lowest BCUT2D eigenvalue weighted by molar-refractivity contribution is -0.118. The number of carbonyl (C=O) groups excluding carboxylic acids is 1. The van der Waals surface area contributed by atoms with Gasteiger partial charge in [0.05, 0.1) is 0 Å². The Balaban J connectivity index is 2.49. The Labute approximate surface area is 67.6 Å². The largest absolute Gasteiger partial charge is 0.396 e. The fourth-order valence-electron chi connectivity index (χ4n) is 1.91. The zero-order valence-corrected chi connectivity index (χ0v) is 6.88. The van der Waals surface area contributed by atoms with Gasteiger partial charge in [0.15, 0.2) is 0 Å². The summed E-state index contributed by atoms with van der Waals surface area (Å²) in [5, 5.41) is 8.76. The van der Waals surface area contributed by atoms with E-state index in [-0.39, 0.29) is 12.0 Å². The van der Waals surface area contributed by atoms with Crippen molar-refractivity contribution in [1.82, 2.24) is 0 Å². The predicted octanol–water partition coefficient (Wildman–Crippen LogP) is 1.52. The third kappa shape index (κ3) is 2.03. The van der Waals surface area contributed by atoms with Crippen LogP contribution >= 0.6 is 0 Å². The van der Waals surface area contributed by atoms with Crippen molar-refractivity contribution >= 4 is 6.29 Å². The monoisotopic (exact) mass is 156 g/mol. The van der Waals surface area contributed by atoms with E-state index in [1.165, 1.54) is 6.42 Å². The molecule has 1 aliphatic carbocycles. The van der Waals surface area contributed by atoms with Crippen LogP contribution in [0.5, 0.6) is 0 Å². The van der Waals surface area contributed by atoms with Crippen molar-refractivity contribution in [2.24, 2.45) is 5.41 Å². The molecule has 1 fully saturated rings. The zero-order chi connectivity index (χ0) is 8.16. The van der Waals surface area contributed by atoms with E-state index < -0.39 is 0 Å². The third-order valence-electron chi connectivity index (χ3n) is 2.71. The van der Waals surface area contributed by atoms with Crippen LogP contribution in [0, 0.1) is 5.41 Å². The fourth-order valence-corrected chi connectivity index (χ4v) is 1.91. The van der Waals surface area contributed by atoms with Crippen molar-refractivity contribution in [3.05, 3.63) is 0 Å². The number of aldehydes is 1. The Morgan fingerprint density at radius 2 is 1.91 bits per heavy atom. The molecule has 0 radical (unpaired) electrons. The first kappa shape index (κ1) is 8.72. The number of hydrogen-bond donors (Lipinski definition) is 1. The van der Waals surface area contributed by atoms with Crippen molar-refractivity contribution in [2.45, 2.75) is 38.5 Å². The van der Waals surface area contributed by atoms with E-state index in [9.17, 15) is 4.79 Å². The van der Waals surface area contributed by atoms with Crippen LogP contribution in [0.2, 0.25) is 0 Å². The maximum atomic E-state index is 10.8. The number of aliphatic hydroxyl groups excluding tert-OH is 1. The molecule has 0 aromatic carbocycles. The second-order valence-corrected chi connectivity index (χ2v) is 3.51. The van der Waals surface area contributed by atoms with Gasteiger partial charge in [0, 0.05) is 12.0 Å². The lowest BCUT2D eigenvalue weighted by Gasteiger charge is -2.31. The van der Waals surface area contributed by atoms with E-state index in [0.29, 0.717) is 6.42 Å². The smallest absolute Gasteiger partial charge is 0.126 e. The van der Waals surface area contributed by atoms with Crippen molar-refractivity contribution in [3.8, 4) is 0 Å². The SMILES string of the molecule is O=CC1(CCO)CCCCC1. The molecule has 0 aromatic rings. The van der Waals surface area contributed by atoms with Crippen molar-refractivity contribution in [1.29, 1.82) is 0 Å². The fraction of sp³-hybridized carbons (Fsp3) is 0.889. The first-order valence-corrected chi connectivity index (χ1v) is 4.40. The summed E-state index contributed by atoms with van der Waals surface area (Å²) in [5.41, 5.74) is -0.160. The molecule has 0 bridgehead atoms. The average molecular weight is 156 g/mol. The van der Waals surface area contributed by atoms with Gasteiger partial charge in [-0.05, 0) is 19.3 Å². The van der Waals surface area contributed by atoms with E-state index in [0.717, 1.165) is 32.0 Å². The Morgan fingerprint density at radius 3 is 2.36 bits per heavy atom. The molecule has 0 heterocycles. The van der Waals surface area contributed by atoms with E-state index in [4.69, 9.17) is 5.11 Å². The van der Waals surface area contributed by atoms with Crippen LogP contribution in [0.1, 0.15) is 38.5 Å². The Bertz CT molecular complexity index is 120. The second kappa shape index (κ2) is 3.86. The molecule has 1 N–H and O–H groups in total. The standard InChI is InChI=1S/C9H16O2/c10-7-6-9(8-11)4-2-1-3-5-9/h8,10H,1-7H2. The number of hydrogen-bond acceptors (Lipinski definition) is 2. The van der Waals surface area contributed by atoms with Crippen LogP contribution in [-0.2, 0) is 4.79 Å². The average Bonchev–Trinajstić information content (AvgIpc) is 2.07. The molecule has 2 nitrogen and oxygen atoms in total. The van der Waals surface area contributed by atoms with Crippen LogP contribution in [-0.4, -0.2) is 18.0 Å². The molecule has 0 amide bonds. The topological polar surface area (TPSA) is 37.3 Å². The summed E-state index contributed by atoms with van der Waals surface area (Å²) in [6.07, 6.45) is 7.24. The maximum Gasteiger partial charge on any atom is 0.126 e. The molecule has 1 aliphatic rings. The van der Waals surface area contributed by atoms with Gasteiger partial charge >= 0.3 is 0 Å². The van der Waals surface area contributed by atoms with E-state index in [2.05, 4.69) is 0 Å². The number of aliphatic hydroxyl groups is 1. The van der Waals surface area contributed by atoms with Gasteiger partial charge in [-0.25, -0.2) is 0 Å². The minimum absolute atomic E-state index is 0.152. The molecule has 0 aromatic heterocycles. The molecule has 0 unspecified atom stereocenters. The molecule has 0 aliphatic heterocycles. The van der Waals surface area contributed by atoms with Crippen LogP contribution < -0.4 is 0 Å². The van der Waals surface area contributed by atoms with Crippen LogP contribution in [0.3, 0.4) is 0 Å². The molecule has 11 heavy (non-hydrogen) atoms. The van der Waals surface area contributed by atoms with Crippen molar-refractivity contribution < 1.29 is 9.90 Å². The van der Waals surface area contributed by atoms with Gasteiger partial charge in [-0.15, -0.1) is 0 Å². The molecular formula is C9H16O2. The van der Waals surface area contributed by atoms with Crippen LogP contribution in [0.25, 0.3) is 0 Å². The first-order valence-electron chi connectivity index (χ1n) is 4.40. The lowest BCUT2D eigenvalue weighted by atomic mass is 9.73. The maximum absolute atomic E-state index is 10.8. The predicted molar refractivity (Wildman–Crippen MR) is 43.3 cm³/mol. The normalized spacial score (nSPS) is 23.0. The molecular weight excluding hydrogens is 140 g/mol. The minimum Gasteiger partial charge on any atom is -0.396 e. The Morgan fingerprint density at radius 1 is 1.27 bits per heavy atom. The molecule has 2 heteroatoms. The van der Waals surface area contributed by atoms with Gasteiger partial charge in [-0.3, -0.25) is 0 Å². The summed E-state index contributed by atoms with van der Waals surface area (Å²) in [6, 6.07) is 0. The number of carbonyl (C=O) groups is 1. The van der Waals surface area contributed by atoms with E-state index in [1.54, 1.807) is 0 Å².